The molecule has 2 aromatic rings. The molecule has 134 valence electrons. The van der Waals surface area contributed by atoms with Crippen molar-refractivity contribution in [2.24, 2.45) is 0 Å². The van der Waals surface area contributed by atoms with E-state index in [0.29, 0.717) is 12.1 Å². The van der Waals surface area contributed by atoms with Gasteiger partial charge in [-0.2, -0.15) is 0 Å². The number of rotatable bonds is 3. The van der Waals surface area contributed by atoms with Gasteiger partial charge in [0.15, 0.2) is 6.04 Å². The zero-order valence-electron chi connectivity index (χ0n) is 14.3. The number of amides is 2. The summed E-state index contributed by atoms with van der Waals surface area (Å²) in [6, 6.07) is 13.1. The number of hydrogen-bond donors (Lipinski definition) is 1. The normalized spacial score (nSPS) is 21.5. The molecule has 2 amide bonds. The van der Waals surface area contributed by atoms with E-state index < -0.39 is 0 Å². The molecule has 0 unspecified atom stereocenters. The van der Waals surface area contributed by atoms with Crippen molar-refractivity contribution < 1.29 is 19.5 Å². The van der Waals surface area contributed by atoms with E-state index in [4.69, 9.17) is 0 Å². The summed E-state index contributed by atoms with van der Waals surface area (Å²) in [5.41, 5.74) is 0.655. The SMILES string of the molecule is O=C1C[C@H]([NH+]2CCN(c3cccc[nH+]3)CC2)C(=O)N1c1ccc(Br)cc1. The van der Waals surface area contributed by atoms with Crippen LogP contribution in [0.5, 0.6) is 0 Å². The van der Waals surface area contributed by atoms with Gasteiger partial charge in [0.25, 0.3) is 11.7 Å². The number of anilines is 2. The maximum absolute atomic E-state index is 12.9. The van der Waals surface area contributed by atoms with Crippen LogP contribution in [0.2, 0.25) is 0 Å². The van der Waals surface area contributed by atoms with E-state index in [0.717, 1.165) is 36.5 Å². The lowest BCUT2D eigenvalue weighted by Gasteiger charge is -2.31. The fourth-order valence-corrected chi connectivity index (χ4v) is 4.04. The molecule has 2 aliphatic heterocycles. The van der Waals surface area contributed by atoms with E-state index in [9.17, 15) is 9.59 Å². The highest BCUT2D eigenvalue weighted by molar-refractivity contribution is 9.10. The molecule has 0 saturated carbocycles. The number of quaternary nitrogens is 1. The molecule has 0 aliphatic carbocycles. The number of carbonyl (C=O) groups excluding carboxylic acids is 2. The summed E-state index contributed by atoms with van der Waals surface area (Å²) in [5, 5.41) is 0. The molecular weight excluding hydrogens is 396 g/mol. The summed E-state index contributed by atoms with van der Waals surface area (Å²) in [6.07, 6.45) is 2.21. The molecule has 1 aromatic carbocycles. The Morgan fingerprint density at radius 2 is 1.77 bits per heavy atom. The van der Waals surface area contributed by atoms with Crippen LogP contribution in [0, 0.1) is 0 Å². The number of hydrogen-bond acceptors (Lipinski definition) is 3. The minimum atomic E-state index is -0.270. The van der Waals surface area contributed by atoms with E-state index in [1.807, 2.05) is 30.5 Å². The topological polar surface area (TPSA) is 59.2 Å². The van der Waals surface area contributed by atoms with Crippen molar-refractivity contribution in [2.45, 2.75) is 12.5 Å². The molecule has 2 fully saturated rings. The van der Waals surface area contributed by atoms with Crippen LogP contribution < -0.4 is 19.7 Å². The smallest absolute Gasteiger partial charge is 0.292 e. The fourth-order valence-electron chi connectivity index (χ4n) is 3.78. The number of carbonyl (C=O) groups is 2. The van der Waals surface area contributed by atoms with Gasteiger partial charge in [-0.05, 0) is 30.3 Å². The van der Waals surface area contributed by atoms with Crippen LogP contribution in [0.15, 0.2) is 53.1 Å². The van der Waals surface area contributed by atoms with Crippen LogP contribution in [0.1, 0.15) is 6.42 Å². The summed E-state index contributed by atoms with van der Waals surface area (Å²) in [6.45, 7) is 3.43. The predicted molar refractivity (Wildman–Crippen MR) is 101 cm³/mol. The Kier molecular flexibility index (Phi) is 4.74. The van der Waals surface area contributed by atoms with Crippen molar-refractivity contribution in [3.63, 3.8) is 0 Å². The third-order valence-corrected chi connectivity index (χ3v) is 5.69. The minimum Gasteiger partial charge on any atom is -0.318 e. The predicted octanol–water partition coefficient (Wildman–Crippen LogP) is 0.300. The lowest BCUT2D eigenvalue weighted by molar-refractivity contribution is -0.915. The third-order valence-electron chi connectivity index (χ3n) is 5.16. The number of imide groups is 1. The number of pyridine rings is 1. The molecule has 2 N–H and O–H groups in total. The lowest BCUT2D eigenvalue weighted by Crippen LogP contribution is -3.19. The van der Waals surface area contributed by atoms with E-state index in [1.54, 1.807) is 12.1 Å². The standard InChI is InChI=1S/C19H19BrN4O2/c20-14-4-6-15(7-5-14)24-18(25)13-16(19(24)26)22-9-11-23(12-10-22)17-3-1-2-8-21-17/h1-8,16H,9-13H2/p+2/t16-/m0/s1. The van der Waals surface area contributed by atoms with Gasteiger partial charge in [0, 0.05) is 10.5 Å². The molecule has 0 spiro atoms. The highest BCUT2D eigenvalue weighted by Crippen LogP contribution is 2.24. The summed E-state index contributed by atoms with van der Waals surface area (Å²) < 4.78 is 0.927. The van der Waals surface area contributed by atoms with Gasteiger partial charge >= 0.3 is 0 Å². The number of aromatic amines is 1. The molecule has 4 rings (SSSR count). The summed E-state index contributed by atoms with van der Waals surface area (Å²) in [5.74, 6) is 0.914. The molecule has 26 heavy (non-hydrogen) atoms. The second-order valence-corrected chi connectivity index (χ2v) is 7.61. The fraction of sp³-hybridized carbons (Fsp3) is 0.316. The molecule has 2 saturated heterocycles. The third kappa shape index (κ3) is 3.24. The van der Waals surface area contributed by atoms with Gasteiger partial charge in [-0.25, -0.2) is 9.88 Å². The van der Waals surface area contributed by atoms with Crippen LogP contribution in [0.25, 0.3) is 0 Å². The van der Waals surface area contributed by atoms with Crippen molar-refractivity contribution in [3.8, 4) is 0 Å². The number of benzene rings is 1. The number of piperazine rings is 1. The van der Waals surface area contributed by atoms with Gasteiger partial charge in [-0.1, -0.05) is 22.0 Å². The van der Waals surface area contributed by atoms with Gasteiger partial charge in [0.1, 0.15) is 26.2 Å². The van der Waals surface area contributed by atoms with Gasteiger partial charge < -0.3 is 4.90 Å². The number of nitrogens with zero attached hydrogens (tertiary/aromatic N) is 2. The van der Waals surface area contributed by atoms with Gasteiger partial charge in [-0.15, -0.1) is 0 Å². The summed E-state index contributed by atoms with van der Waals surface area (Å²) >= 11 is 3.38. The van der Waals surface area contributed by atoms with Crippen molar-refractivity contribution in [1.82, 2.24) is 0 Å². The quantitative estimate of drug-likeness (QED) is 0.732. The second-order valence-electron chi connectivity index (χ2n) is 6.69. The Bertz CT molecular complexity index is 804. The van der Waals surface area contributed by atoms with Crippen LogP contribution >= 0.6 is 15.9 Å². The molecule has 1 aromatic heterocycles. The zero-order chi connectivity index (χ0) is 18.1. The second kappa shape index (κ2) is 7.17. The number of aromatic nitrogens is 1. The zero-order valence-corrected chi connectivity index (χ0v) is 15.9. The molecular formula is C19H21BrN4O2+2. The van der Waals surface area contributed by atoms with Crippen LogP contribution in [0.4, 0.5) is 11.5 Å². The molecule has 3 heterocycles. The average Bonchev–Trinajstić information content (AvgIpc) is 2.98. The Morgan fingerprint density at radius 1 is 1.04 bits per heavy atom. The number of H-pyrrole nitrogens is 1. The first-order valence-corrected chi connectivity index (χ1v) is 9.61. The van der Waals surface area contributed by atoms with Crippen LogP contribution in [0.3, 0.4) is 0 Å². The summed E-state index contributed by atoms with van der Waals surface area (Å²) in [7, 11) is 0. The highest BCUT2D eigenvalue weighted by Gasteiger charge is 2.47. The first-order valence-electron chi connectivity index (χ1n) is 8.82. The molecule has 0 radical (unpaired) electrons. The molecule has 6 nitrogen and oxygen atoms in total. The first kappa shape index (κ1) is 17.2. The van der Waals surface area contributed by atoms with E-state index in [2.05, 4.69) is 31.9 Å². The maximum atomic E-state index is 12.9. The Hall–Kier alpha value is -2.25. The maximum Gasteiger partial charge on any atom is 0.292 e. The van der Waals surface area contributed by atoms with E-state index >= 15 is 0 Å². The molecule has 1 atom stereocenters. The van der Waals surface area contributed by atoms with Crippen molar-refractivity contribution in [3.05, 3.63) is 53.1 Å². The molecule has 0 bridgehead atoms. The largest absolute Gasteiger partial charge is 0.318 e. The van der Waals surface area contributed by atoms with E-state index in [1.165, 1.54) is 9.80 Å². The Morgan fingerprint density at radius 3 is 2.42 bits per heavy atom. The van der Waals surface area contributed by atoms with Crippen LogP contribution in [-0.4, -0.2) is 44.0 Å². The number of nitrogens with one attached hydrogen (secondary N) is 2. The average molecular weight is 417 g/mol. The van der Waals surface area contributed by atoms with Gasteiger partial charge in [0.2, 0.25) is 5.91 Å². The van der Waals surface area contributed by atoms with Crippen molar-refractivity contribution >= 4 is 39.2 Å². The van der Waals surface area contributed by atoms with E-state index in [-0.39, 0.29) is 17.9 Å². The molecule has 7 heteroatoms. The molecule has 2 aliphatic rings. The summed E-state index contributed by atoms with van der Waals surface area (Å²) in [4.78, 5) is 33.5. The highest BCUT2D eigenvalue weighted by atomic mass is 79.9. The van der Waals surface area contributed by atoms with Gasteiger partial charge in [0.05, 0.1) is 18.3 Å². The Labute approximate surface area is 160 Å². The van der Waals surface area contributed by atoms with Gasteiger partial charge in [-0.3, -0.25) is 14.5 Å². The Balaban J connectivity index is 1.44. The first-order chi connectivity index (χ1) is 12.6. The van der Waals surface area contributed by atoms with Crippen molar-refractivity contribution in [2.75, 3.05) is 36.0 Å². The minimum absolute atomic E-state index is 0.0768. The lowest BCUT2D eigenvalue weighted by atomic mass is 10.1. The van der Waals surface area contributed by atoms with Crippen LogP contribution in [-0.2, 0) is 9.59 Å². The van der Waals surface area contributed by atoms with Crippen molar-refractivity contribution in [1.29, 1.82) is 0 Å². The number of halogens is 1. The monoisotopic (exact) mass is 416 g/mol.